The molecular weight excluding hydrogens is 174 g/mol. The van der Waals surface area contributed by atoms with Crippen LogP contribution in [-0.4, -0.2) is 31.7 Å². The molecule has 1 N–H and O–H groups in total. The minimum atomic E-state index is 0. The highest BCUT2D eigenvalue weighted by Crippen LogP contribution is 2.22. The van der Waals surface area contributed by atoms with Crippen molar-refractivity contribution in [2.24, 2.45) is 15.9 Å². The van der Waals surface area contributed by atoms with Crippen LogP contribution in [0.25, 0.3) is 0 Å². The Kier molecular flexibility index (Phi) is 3.55. The van der Waals surface area contributed by atoms with Crippen molar-refractivity contribution in [3.63, 3.8) is 0 Å². The first-order valence-electron chi connectivity index (χ1n) is 5.73. The zero-order chi connectivity index (χ0) is 9.64. The molecule has 0 atom stereocenters. The van der Waals surface area contributed by atoms with Gasteiger partial charge in [-0.05, 0) is 18.8 Å². The van der Waals surface area contributed by atoms with Crippen molar-refractivity contribution in [2.75, 3.05) is 19.6 Å². The number of rotatable bonds is 2. The van der Waals surface area contributed by atoms with Crippen molar-refractivity contribution in [1.29, 1.82) is 0 Å². The molecule has 3 heteroatoms. The van der Waals surface area contributed by atoms with E-state index in [0.29, 0.717) is 0 Å². The third kappa shape index (κ3) is 2.82. The predicted molar refractivity (Wildman–Crippen MR) is 62.4 cm³/mol. The second-order valence-electron chi connectivity index (χ2n) is 4.19. The molecule has 3 nitrogen and oxygen atoms in total. The summed E-state index contributed by atoms with van der Waals surface area (Å²) in [4.78, 5) is 8.57. The predicted octanol–water partition coefficient (Wildman–Crippen LogP) is 1.89. The van der Waals surface area contributed by atoms with Crippen LogP contribution in [0.15, 0.2) is 9.98 Å². The third-order valence-corrected chi connectivity index (χ3v) is 3.02. The van der Waals surface area contributed by atoms with E-state index in [0.717, 1.165) is 31.4 Å². The molecule has 14 heavy (non-hydrogen) atoms. The van der Waals surface area contributed by atoms with Crippen molar-refractivity contribution in [3.05, 3.63) is 0 Å². The van der Waals surface area contributed by atoms with E-state index in [1.165, 1.54) is 32.1 Å². The van der Waals surface area contributed by atoms with Gasteiger partial charge in [0.05, 0.1) is 19.3 Å². The van der Waals surface area contributed by atoms with Crippen LogP contribution in [0.4, 0.5) is 0 Å². The fourth-order valence-corrected chi connectivity index (χ4v) is 2.16. The maximum absolute atomic E-state index is 4.37. The van der Waals surface area contributed by atoms with Gasteiger partial charge in [0.25, 0.3) is 0 Å². The topological polar surface area (TPSA) is 36.8 Å². The van der Waals surface area contributed by atoms with Gasteiger partial charge in [-0.25, -0.2) is 0 Å². The molecule has 2 aliphatic rings. The lowest BCUT2D eigenvalue weighted by Crippen LogP contribution is -2.32. The van der Waals surface area contributed by atoms with E-state index in [4.69, 9.17) is 0 Å². The lowest BCUT2D eigenvalue weighted by Gasteiger charge is -2.22. The highest BCUT2D eigenvalue weighted by atomic mass is 15.0. The molecule has 1 aliphatic heterocycles. The normalized spacial score (nSPS) is 23.3. The number of hydrogen-bond acceptors (Lipinski definition) is 3. The smallest absolute Gasteiger partial charge is 0.139 e. The van der Waals surface area contributed by atoms with Gasteiger partial charge in [0.2, 0.25) is 0 Å². The van der Waals surface area contributed by atoms with Gasteiger partial charge >= 0.3 is 0 Å². The van der Waals surface area contributed by atoms with Gasteiger partial charge in [0.15, 0.2) is 0 Å². The number of nitrogens with zero attached hydrogens (tertiary/aromatic N) is 2. The second-order valence-corrected chi connectivity index (χ2v) is 4.19. The fourth-order valence-electron chi connectivity index (χ4n) is 2.16. The van der Waals surface area contributed by atoms with Crippen LogP contribution < -0.4 is 5.32 Å². The highest BCUT2D eigenvalue weighted by Gasteiger charge is 2.13. The Morgan fingerprint density at radius 2 is 2.14 bits per heavy atom. The van der Waals surface area contributed by atoms with Crippen molar-refractivity contribution in [3.8, 4) is 0 Å². The van der Waals surface area contributed by atoms with Gasteiger partial charge in [-0.1, -0.05) is 19.3 Å². The summed E-state index contributed by atoms with van der Waals surface area (Å²) in [5, 5.41) is 3.39. The van der Waals surface area contributed by atoms with E-state index in [2.05, 4.69) is 15.3 Å². The van der Waals surface area contributed by atoms with Crippen LogP contribution in [0.5, 0.6) is 0 Å². The number of nitrogens with one attached hydrogen (secondary N) is 1. The summed E-state index contributed by atoms with van der Waals surface area (Å²) in [6, 6.07) is 0. The van der Waals surface area contributed by atoms with E-state index in [9.17, 15) is 0 Å². The molecule has 80 valence electrons. The van der Waals surface area contributed by atoms with Crippen LogP contribution in [0.2, 0.25) is 0 Å². The van der Waals surface area contributed by atoms with Crippen molar-refractivity contribution >= 4 is 12.1 Å². The molecule has 2 rings (SSSR count). The Bertz CT molecular complexity index is 232. The molecule has 0 spiro atoms. The van der Waals surface area contributed by atoms with Crippen LogP contribution in [-0.2, 0) is 0 Å². The van der Waals surface area contributed by atoms with Gasteiger partial charge in [-0.15, -0.1) is 0 Å². The first-order chi connectivity index (χ1) is 6.95. The SMILES string of the molecule is C1=NCCN=C1NCC1CCCCC1.[HH]. The van der Waals surface area contributed by atoms with Crippen LogP contribution in [0.3, 0.4) is 0 Å². The van der Waals surface area contributed by atoms with Gasteiger partial charge in [0, 0.05) is 7.97 Å². The number of aliphatic imine (C=N–C) groups is 2. The third-order valence-electron chi connectivity index (χ3n) is 3.02. The van der Waals surface area contributed by atoms with Crippen LogP contribution in [0.1, 0.15) is 33.5 Å². The lowest BCUT2D eigenvalue weighted by atomic mass is 9.89. The van der Waals surface area contributed by atoms with E-state index in [-0.39, 0.29) is 1.43 Å². The number of hydrogen-bond donors (Lipinski definition) is 1. The van der Waals surface area contributed by atoms with E-state index < -0.39 is 0 Å². The molecule has 0 bridgehead atoms. The van der Waals surface area contributed by atoms with E-state index in [1.807, 2.05) is 6.21 Å². The molecule has 0 saturated heterocycles. The van der Waals surface area contributed by atoms with E-state index >= 15 is 0 Å². The van der Waals surface area contributed by atoms with E-state index in [1.54, 1.807) is 0 Å². The van der Waals surface area contributed by atoms with Gasteiger partial charge in [0.1, 0.15) is 5.84 Å². The zero-order valence-electron chi connectivity index (χ0n) is 8.71. The number of amidine groups is 1. The maximum Gasteiger partial charge on any atom is 0.139 e. The minimum Gasteiger partial charge on any atom is -0.369 e. The van der Waals surface area contributed by atoms with Gasteiger partial charge in [-0.2, -0.15) is 0 Å². The molecular formula is C11H21N3. The quantitative estimate of drug-likeness (QED) is 0.717. The standard InChI is InChI=1S/C11H19N3.H2/c1-2-4-10(5-3-1)8-14-11-9-12-6-7-13-11;/h9-10H,1-8H2,(H,13,14);1H. The van der Waals surface area contributed by atoms with Crippen LogP contribution >= 0.6 is 0 Å². The maximum atomic E-state index is 4.37. The van der Waals surface area contributed by atoms with Gasteiger partial charge < -0.3 is 5.32 Å². The summed E-state index contributed by atoms with van der Waals surface area (Å²) in [5.74, 6) is 1.85. The molecule has 0 amide bonds. The first-order valence-corrected chi connectivity index (χ1v) is 5.73. The molecule has 0 unspecified atom stereocenters. The molecule has 1 heterocycles. The molecule has 0 radical (unpaired) electrons. The fraction of sp³-hybridized carbons (Fsp3) is 0.818. The molecule has 0 aromatic heterocycles. The van der Waals surface area contributed by atoms with Crippen molar-refractivity contribution in [1.82, 2.24) is 5.32 Å². The Hall–Kier alpha value is -0.860. The van der Waals surface area contributed by atoms with Gasteiger partial charge in [-0.3, -0.25) is 9.98 Å². The Morgan fingerprint density at radius 3 is 2.86 bits per heavy atom. The zero-order valence-corrected chi connectivity index (χ0v) is 8.71. The summed E-state index contributed by atoms with van der Waals surface area (Å²) in [6.07, 6.45) is 8.89. The first kappa shape index (κ1) is 9.69. The Labute approximate surface area is 87.2 Å². The average molecular weight is 195 g/mol. The summed E-state index contributed by atoms with van der Waals surface area (Å²) >= 11 is 0. The van der Waals surface area contributed by atoms with Crippen molar-refractivity contribution in [2.45, 2.75) is 32.1 Å². The molecule has 1 aliphatic carbocycles. The summed E-state index contributed by atoms with van der Waals surface area (Å²) < 4.78 is 0. The Morgan fingerprint density at radius 1 is 1.29 bits per heavy atom. The lowest BCUT2D eigenvalue weighted by molar-refractivity contribution is 0.357. The largest absolute Gasteiger partial charge is 0.369 e. The second kappa shape index (κ2) is 5.13. The molecule has 1 fully saturated rings. The molecule has 0 aromatic carbocycles. The molecule has 0 aromatic rings. The summed E-state index contributed by atoms with van der Waals surface area (Å²) in [7, 11) is 0. The Balaban J connectivity index is 0.00000112. The summed E-state index contributed by atoms with van der Waals surface area (Å²) in [5.41, 5.74) is 0. The summed E-state index contributed by atoms with van der Waals surface area (Å²) in [6.45, 7) is 2.79. The highest BCUT2D eigenvalue weighted by molar-refractivity contribution is 6.29. The monoisotopic (exact) mass is 195 g/mol. The minimum absolute atomic E-state index is 0. The molecule has 1 saturated carbocycles. The van der Waals surface area contributed by atoms with Crippen molar-refractivity contribution < 1.29 is 1.43 Å². The average Bonchev–Trinajstić information content (AvgIpc) is 2.29. The van der Waals surface area contributed by atoms with Crippen LogP contribution in [0, 0.1) is 5.92 Å².